The monoisotopic (exact) mass is 282 g/mol. The molecule has 0 radical (unpaired) electrons. The molecule has 2 rings (SSSR count). The van der Waals surface area contributed by atoms with E-state index in [1.54, 1.807) is 0 Å². The SMILES string of the molecule is OC1[C@@H](Br)[C@@H]2CC[C@@H](C2)[C@H]1Br. The van der Waals surface area contributed by atoms with Gasteiger partial charge in [0.05, 0.1) is 6.10 Å². The van der Waals surface area contributed by atoms with Gasteiger partial charge in [-0.05, 0) is 31.1 Å². The lowest BCUT2D eigenvalue weighted by Gasteiger charge is -2.33. The van der Waals surface area contributed by atoms with E-state index in [2.05, 4.69) is 31.9 Å². The van der Waals surface area contributed by atoms with Gasteiger partial charge in [0.1, 0.15) is 0 Å². The zero-order valence-corrected chi connectivity index (χ0v) is 9.38. The van der Waals surface area contributed by atoms with Crippen LogP contribution in [0, 0.1) is 11.8 Å². The smallest absolute Gasteiger partial charge is 0.0795 e. The van der Waals surface area contributed by atoms with Crippen LogP contribution >= 0.6 is 31.9 Å². The molecule has 0 saturated heterocycles. The van der Waals surface area contributed by atoms with Crippen molar-refractivity contribution >= 4 is 31.9 Å². The molecule has 2 aliphatic rings. The van der Waals surface area contributed by atoms with Crippen LogP contribution in [0.15, 0.2) is 0 Å². The first kappa shape index (κ1) is 8.52. The largest absolute Gasteiger partial charge is 0.391 e. The first-order valence-electron chi connectivity index (χ1n) is 4.16. The number of fused-ring (bicyclic) bond motifs is 2. The van der Waals surface area contributed by atoms with E-state index in [1.165, 1.54) is 19.3 Å². The summed E-state index contributed by atoms with van der Waals surface area (Å²) in [5, 5.41) is 9.73. The van der Waals surface area contributed by atoms with Crippen molar-refractivity contribution in [3.05, 3.63) is 0 Å². The normalized spacial score (nSPS) is 56.5. The predicted octanol–water partition coefficient (Wildman–Crippen LogP) is 2.30. The van der Waals surface area contributed by atoms with Gasteiger partial charge in [0.25, 0.3) is 0 Å². The van der Waals surface area contributed by atoms with Crippen molar-refractivity contribution in [2.75, 3.05) is 0 Å². The average Bonchev–Trinajstić information content (AvgIpc) is 2.44. The Bertz CT molecular complexity index is 142. The Hall–Kier alpha value is 0.920. The maximum absolute atomic E-state index is 9.73. The van der Waals surface area contributed by atoms with Crippen LogP contribution in [-0.4, -0.2) is 20.9 Å². The maximum atomic E-state index is 9.73. The third kappa shape index (κ3) is 1.29. The van der Waals surface area contributed by atoms with Gasteiger partial charge >= 0.3 is 0 Å². The van der Waals surface area contributed by atoms with Gasteiger partial charge in [-0.3, -0.25) is 0 Å². The Morgan fingerprint density at radius 1 is 1.00 bits per heavy atom. The van der Waals surface area contributed by atoms with Gasteiger partial charge in [-0.15, -0.1) is 0 Å². The number of halogens is 2. The van der Waals surface area contributed by atoms with Crippen LogP contribution in [0.3, 0.4) is 0 Å². The Morgan fingerprint density at radius 2 is 1.45 bits per heavy atom. The summed E-state index contributed by atoms with van der Waals surface area (Å²) in [4.78, 5) is 0.649. The molecule has 3 heteroatoms. The molecule has 2 saturated carbocycles. The highest BCUT2D eigenvalue weighted by molar-refractivity contribution is 9.10. The van der Waals surface area contributed by atoms with Crippen molar-refractivity contribution in [1.29, 1.82) is 0 Å². The minimum Gasteiger partial charge on any atom is -0.391 e. The summed E-state index contributed by atoms with van der Waals surface area (Å²) in [5.74, 6) is 1.45. The molecule has 1 N–H and O–H groups in total. The lowest BCUT2D eigenvalue weighted by molar-refractivity contribution is 0.116. The summed E-state index contributed by atoms with van der Waals surface area (Å²) < 4.78 is 0. The average molecular weight is 284 g/mol. The van der Waals surface area contributed by atoms with E-state index >= 15 is 0 Å². The number of aliphatic hydroxyl groups is 1. The maximum Gasteiger partial charge on any atom is 0.0795 e. The van der Waals surface area contributed by atoms with Gasteiger partial charge in [0, 0.05) is 9.65 Å². The number of aliphatic hydroxyl groups excluding tert-OH is 1. The van der Waals surface area contributed by atoms with E-state index in [4.69, 9.17) is 0 Å². The standard InChI is InChI=1S/C8H12Br2O/c9-6-4-1-2-5(3-4)7(10)8(6)11/h4-8,11H,1-3H2/t4-,5+,6+,7-,8?. The lowest BCUT2D eigenvalue weighted by atomic mass is 9.87. The lowest BCUT2D eigenvalue weighted by Crippen LogP contribution is -2.41. The topological polar surface area (TPSA) is 20.2 Å². The van der Waals surface area contributed by atoms with Gasteiger partial charge in [-0.1, -0.05) is 31.9 Å². The number of hydrogen-bond acceptors (Lipinski definition) is 1. The summed E-state index contributed by atoms with van der Waals surface area (Å²) in [7, 11) is 0. The summed E-state index contributed by atoms with van der Waals surface area (Å²) >= 11 is 7.13. The predicted molar refractivity (Wildman–Crippen MR) is 52.3 cm³/mol. The van der Waals surface area contributed by atoms with Crippen LogP contribution < -0.4 is 0 Å². The molecular formula is C8H12Br2O. The summed E-state index contributed by atoms with van der Waals surface area (Å²) in [6.07, 6.45) is 3.70. The molecule has 0 aromatic carbocycles. The molecule has 2 aliphatic carbocycles. The molecule has 1 unspecified atom stereocenters. The molecular weight excluding hydrogens is 272 g/mol. The zero-order chi connectivity index (χ0) is 8.01. The summed E-state index contributed by atoms with van der Waals surface area (Å²) in [6, 6.07) is 0. The van der Waals surface area contributed by atoms with E-state index < -0.39 is 0 Å². The molecule has 0 spiro atoms. The van der Waals surface area contributed by atoms with E-state index in [0.29, 0.717) is 9.65 Å². The van der Waals surface area contributed by atoms with Gasteiger partial charge in [0.2, 0.25) is 0 Å². The van der Waals surface area contributed by atoms with Crippen molar-refractivity contribution in [2.45, 2.75) is 35.0 Å². The second kappa shape index (κ2) is 3.00. The fraction of sp³-hybridized carbons (Fsp3) is 1.00. The van der Waals surface area contributed by atoms with Crippen molar-refractivity contribution in [3.63, 3.8) is 0 Å². The molecule has 0 aromatic rings. The Labute approximate surface area is 83.8 Å². The minimum absolute atomic E-state index is 0.179. The number of rotatable bonds is 0. The van der Waals surface area contributed by atoms with Crippen LogP contribution in [0.1, 0.15) is 19.3 Å². The molecule has 0 heterocycles. The summed E-state index contributed by atoms with van der Waals surface area (Å²) in [6.45, 7) is 0. The van der Waals surface area contributed by atoms with E-state index in [0.717, 1.165) is 11.8 Å². The van der Waals surface area contributed by atoms with Crippen LogP contribution in [0.25, 0.3) is 0 Å². The van der Waals surface area contributed by atoms with Crippen LogP contribution in [0.5, 0.6) is 0 Å². The highest BCUT2D eigenvalue weighted by Gasteiger charge is 2.45. The van der Waals surface area contributed by atoms with Crippen molar-refractivity contribution in [2.24, 2.45) is 11.8 Å². The third-order valence-electron chi connectivity index (χ3n) is 3.07. The highest BCUT2D eigenvalue weighted by Crippen LogP contribution is 2.47. The summed E-state index contributed by atoms with van der Waals surface area (Å²) in [5.41, 5.74) is 0. The first-order chi connectivity index (χ1) is 5.20. The second-order valence-corrected chi connectivity index (χ2v) is 5.83. The highest BCUT2D eigenvalue weighted by atomic mass is 79.9. The molecule has 11 heavy (non-hydrogen) atoms. The van der Waals surface area contributed by atoms with Gasteiger partial charge in [-0.2, -0.15) is 0 Å². The van der Waals surface area contributed by atoms with Gasteiger partial charge < -0.3 is 5.11 Å². The second-order valence-electron chi connectivity index (χ2n) is 3.71. The molecule has 0 aliphatic heterocycles. The van der Waals surface area contributed by atoms with Crippen LogP contribution in [0.4, 0.5) is 0 Å². The van der Waals surface area contributed by atoms with E-state index in [-0.39, 0.29) is 6.10 Å². The molecule has 2 fully saturated rings. The Kier molecular flexibility index (Phi) is 2.32. The Balaban J connectivity index is 2.16. The Morgan fingerprint density at radius 3 is 1.91 bits per heavy atom. The van der Waals surface area contributed by atoms with E-state index in [9.17, 15) is 5.11 Å². The van der Waals surface area contributed by atoms with Gasteiger partial charge in [-0.25, -0.2) is 0 Å². The molecule has 0 amide bonds. The molecule has 2 bridgehead atoms. The fourth-order valence-electron chi connectivity index (χ4n) is 2.36. The molecule has 0 aromatic heterocycles. The van der Waals surface area contributed by atoms with Gasteiger partial charge in [0.15, 0.2) is 0 Å². The quantitative estimate of drug-likeness (QED) is 0.677. The minimum atomic E-state index is -0.179. The van der Waals surface area contributed by atoms with Crippen LogP contribution in [-0.2, 0) is 0 Å². The van der Waals surface area contributed by atoms with Crippen molar-refractivity contribution in [1.82, 2.24) is 0 Å². The molecule has 1 nitrogen and oxygen atoms in total. The van der Waals surface area contributed by atoms with Crippen molar-refractivity contribution in [3.8, 4) is 0 Å². The number of hydrogen-bond donors (Lipinski definition) is 1. The fourth-order valence-corrected chi connectivity index (χ4v) is 4.39. The molecule has 64 valence electrons. The number of alkyl halides is 2. The first-order valence-corrected chi connectivity index (χ1v) is 5.99. The third-order valence-corrected chi connectivity index (χ3v) is 5.65. The zero-order valence-electron chi connectivity index (χ0n) is 6.21. The van der Waals surface area contributed by atoms with Crippen molar-refractivity contribution < 1.29 is 5.11 Å². The van der Waals surface area contributed by atoms with Crippen LogP contribution in [0.2, 0.25) is 0 Å². The molecule has 5 atom stereocenters. The van der Waals surface area contributed by atoms with E-state index in [1.807, 2.05) is 0 Å².